The summed E-state index contributed by atoms with van der Waals surface area (Å²) in [6.45, 7) is 24.6. The Hall–Kier alpha value is -4.53. The first-order valence-corrected chi connectivity index (χ1v) is 33.0. The van der Waals surface area contributed by atoms with Crippen LogP contribution in [0.2, 0.25) is 0 Å². The quantitative estimate of drug-likeness (QED) is 0.0962. The molecular weight excluding hydrogens is 1110 g/mol. The molecule has 11 saturated carbocycles. The van der Waals surface area contributed by atoms with Crippen LogP contribution in [0.5, 0.6) is 0 Å². The summed E-state index contributed by atoms with van der Waals surface area (Å²) in [7, 11) is -3.51. The first-order valence-electron chi connectivity index (χ1n) is 31.5. The highest BCUT2D eigenvalue weighted by molar-refractivity contribution is 7.87. The van der Waals surface area contributed by atoms with E-state index in [9.17, 15) is 46.8 Å². The van der Waals surface area contributed by atoms with Gasteiger partial charge >= 0.3 is 47.9 Å². The third-order valence-corrected chi connectivity index (χ3v) is 21.5. The molecule has 1 amide bonds. The molecule has 0 aromatic carbocycles. The Morgan fingerprint density at radius 1 is 0.595 bits per heavy atom. The fraction of sp³-hybridized carbons (Fsp3) is 0.873. The van der Waals surface area contributed by atoms with Crippen LogP contribution < -0.4 is 5.73 Å². The predicted molar refractivity (Wildman–Crippen MR) is 305 cm³/mol. The molecule has 13 fully saturated rings. The van der Waals surface area contributed by atoms with Crippen molar-refractivity contribution < 1.29 is 88.9 Å². The van der Waals surface area contributed by atoms with Crippen LogP contribution in [-0.2, 0) is 85.8 Å². The van der Waals surface area contributed by atoms with E-state index in [1.807, 2.05) is 48.5 Å². The van der Waals surface area contributed by atoms with E-state index in [0.29, 0.717) is 61.9 Å². The number of primary amides is 1. The van der Waals surface area contributed by atoms with Crippen molar-refractivity contribution in [2.45, 2.75) is 252 Å². The molecule has 2 saturated heterocycles. The van der Waals surface area contributed by atoms with Crippen molar-refractivity contribution in [1.82, 2.24) is 0 Å². The van der Waals surface area contributed by atoms with Crippen molar-refractivity contribution in [2.75, 3.05) is 13.2 Å². The average Bonchev–Trinajstić information content (AvgIpc) is 3.61. The van der Waals surface area contributed by atoms with Crippen molar-refractivity contribution in [2.24, 2.45) is 88.6 Å². The maximum absolute atomic E-state index is 12.2. The third kappa shape index (κ3) is 15.6. The SMILES string of the molecule is CC(C)C(=O)OC1(C(C)C)C2CC3CC(C2)CC1C3.CC(C)C(=O)OC1(C)CCCC1.CC(C)C(=O)OC12CC3CC(CC(OC(N)=O)(C3)C1)C2.CC(C)C(=O)OC1CCOC1=O.CC(C)C(=O)OCC(=O)OC1C2CC3C1OS(=O)(=O)C3C2. The normalized spacial score (nSPS) is 35.9. The molecule has 10 bridgehead atoms. The lowest BCUT2D eigenvalue weighted by Crippen LogP contribution is -2.62. The number of rotatable bonds is 14. The molecule has 0 spiro atoms. The van der Waals surface area contributed by atoms with E-state index >= 15 is 0 Å². The monoisotopic (exact) mass is 1210 g/mol. The number of cyclic esters (lactones) is 1. The van der Waals surface area contributed by atoms with Crippen molar-refractivity contribution >= 4 is 58.0 Å². The standard InChI is InChI=1S/C17H28O2.C15H23NO4.C13H18O7S.C10H18O2.C8H12O4/c1-10(2)16(18)19-17(11(3)4)14-6-12-5-13(8-14)9-15(17)7-12;1-9(2)12(17)19-14-4-10-3-11(5-14)7-15(6-10,8-14)20-13(16)18;1-6(2)13(15)18-5-10(14)19-11-7-3-8-9(4-7)21(16,17)20-12(8)11;1-8(2)9(11)12-10(3)6-4-5-7-10;1-5(2)7(9)12-6-3-4-11-8(6)10/h10-15H,5-9H2,1-4H3;9-11H,3-8H2,1-2H3,(H2,16,18);6-9,11-12H,3-5H2,1-2H3;8H,4-7H2,1-3H3;5-6H,3-4H2,1-2H3. The third-order valence-electron chi connectivity index (χ3n) is 19.7. The van der Waals surface area contributed by atoms with Crippen molar-refractivity contribution in [3.05, 3.63) is 0 Å². The van der Waals surface area contributed by atoms with Crippen LogP contribution in [0.4, 0.5) is 4.79 Å². The molecule has 476 valence electrons. The van der Waals surface area contributed by atoms with Crippen molar-refractivity contribution in [1.29, 1.82) is 0 Å². The second-order valence-electron chi connectivity index (χ2n) is 28.7. The summed E-state index contributed by atoms with van der Waals surface area (Å²) in [6.07, 6.45) is 15.6. The minimum Gasteiger partial charge on any atom is -0.463 e. The summed E-state index contributed by atoms with van der Waals surface area (Å²) in [5.74, 6) is 1.72. The van der Waals surface area contributed by atoms with E-state index in [-0.39, 0.29) is 76.5 Å². The van der Waals surface area contributed by atoms with E-state index in [1.165, 1.54) is 44.9 Å². The van der Waals surface area contributed by atoms with E-state index in [2.05, 4.69) is 18.6 Å². The first kappa shape index (κ1) is 67.0. The highest BCUT2D eigenvalue weighted by atomic mass is 32.2. The number of hydrogen-bond acceptors (Lipinski definition) is 19. The van der Waals surface area contributed by atoms with Crippen LogP contribution in [0.3, 0.4) is 0 Å². The average molecular weight is 1210 g/mol. The van der Waals surface area contributed by atoms with Gasteiger partial charge in [0.05, 0.1) is 41.4 Å². The smallest absolute Gasteiger partial charge is 0.405 e. The number of esters is 7. The van der Waals surface area contributed by atoms with Gasteiger partial charge in [0, 0.05) is 24.7 Å². The molecule has 0 radical (unpaired) electrons. The molecule has 13 aliphatic rings. The van der Waals surface area contributed by atoms with Crippen LogP contribution in [0.25, 0.3) is 0 Å². The summed E-state index contributed by atoms with van der Waals surface area (Å²) in [4.78, 5) is 91.6. The molecule has 2 aliphatic heterocycles. The topological polar surface area (TPSA) is 280 Å². The fourth-order valence-corrected chi connectivity index (χ4v) is 18.2. The van der Waals surface area contributed by atoms with E-state index in [0.717, 1.165) is 56.8 Å². The largest absolute Gasteiger partial charge is 0.463 e. The number of hydrogen-bond donors (Lipinski definition) is 1. The van der Waals surface area contributed by atoms with Crippen molar-refractivity contribution in [3.63, 3.8) is 0 Å². The van der Waals surface area contributed by atoms with Gasteiger partial charge in [-0.15, -0.1) is 0 Å². The molecule has 84 heavy (non-hydrogen) atoms. The maximum atomic E-state index is 12.2. The zero-order chi connectivity index (χ0) is 62.0. The lowest BCUT2D eigenvalue weighted by Gasteiger charge is -2.62. The Morgan fingerprint density at radius 3 is 1.56 bits per heavy atom. The van der Waals surface area contributed by atoms with Gasteiger partial charge in [-0.3, -0.25) is 28.2 Å². The lowest BCUT2D eigenvalue weighted by atomic mass is 9.47. The highest BCUT2D eigenvalue weighted by Gasteiger charge is 2.66. The Kier molecular flexibility index (Phi) is 21.4. The zero-order valence-electron chi connectivity index (χ0n) is 52.3. The molecule has 11 aliphatic carbocycles. The van der Waals surface area contributed by atoms with E-state index < -0.39 is 75.5 Å². The van der Waals surface area contributed by atoms with Gasteiger partial charge in [-0.25, -0.2) is 14.4 Å². The van der Waals surface area contributed by atoms with Gasteiger partial charge in [0.2, 0.25) is 6.10 Å². The van der Waals surface area contributed by atoms with Crippen molar-refractivity contribution in [3.8, 4) is 0 Å². The van der Waals surface area contributed by atoms with Crippen LogP contribution in [0.1, 0.15) is 206 Å². The molecule has 2 heterocycles. The molecule has 2 N–H and O–H groups in total. The van der Waals surface area contributed by atoms with Gasteiger partial charge in [-0.1, -0.05) is 83.1 Å². The molecule has 8 atom stereocenters. The fourth-order valence-electron chi connectivity index (χ4n) is 16.3. The zero-order valence-corrected chi connectivity index (χ0v) is 53.1. The summed E-state index contributed by atoms with van der Waals surface area (Å²) < 4.78 is 71.2. The summed E-state index contributed by atoms with van der Waals surface area (Å²) in [5.41, 5.74) is 4.02. The summed E-state index contributed by atoms with van der Waals surface area (Å²) >= 11 is 0. The number of carbonyl (C=O) groups excluding carboxylic acids is 8. The minimum atomic E-state index is -3.51. The van der Waals surface area contributed by atoms with E-state index in [4.69, 9.17) is 43.1 Å². The second kappa shape index (κ2) is 26.8. The second-order valence-corrected chi connectivity index (χ2v) is 30.5. The number of fused-ring (bicyclic) bond motifs is 1. The van der Waals surface area contributed by atoms with Gasteiger partial charge in [0.25, 0.3) is 10.1 Å². The molecule has 13 rings (SSSR count). The Labute approximate surface area is 498 Å². The molecule has 20 nitrogen and oxygen atoms in total. The lowest BCUT2D eigenvalue weighted by molar-refractivity contribution is -0.227. The van der Waals surface area contributed by atoms with Gasteiger partial charge in [-0.2, -0.15) is 8.42 Å². The Balaban J connectivity index is 0.000000154. The number of ether oxygens (including phenoxy) is 8. The summed E-state index contributed by atoms with van der Waals surface area (Å²) in [6, 6.07) is 0. The van der Waals surface area contributed by atoms with Crippen LogP contribution in [0, 0.1) is 82.9 Å². The number of nitrogens with two attached hydrogens (primary N) is 1. The Bertz CT molecular complexity index is 2470. The van der Waals surface area contributed by atoms with E-state index in [1.54, 1.807) is 27.7 Å². The molecular formula is C63H99NO19S. The highest BCUT2D eigenvalue weighted by Crippen LogP contribution is 2.63. The molecule has 21 heteroatoms. The minimum absolute atomic E-state index is 0.00225. The number of amides is 1. The number of carbonyl (C=O) groups is 8. The predicted octanol–water partition coefficient (Wildman–Crippen LogP) is 9.66. The molecule has 0 aromatic rings. The Morgan fingerprint density at radius 2 is 1.08 bits per heavy atom. The van der Waals surface area contributed by atoms with Crippen LogP contribution >= 0.6 is 0 Å². The van der Waals surface area contributed by atoms with Gasteiger partial charge in [0.15, 0.2) is 6.61 Å². The molecule has 0 aromatic heterocycles. The van der Waals surface area contributed by atoms with Gasteiger partial charge in [-0.05, 0) is 151 Å². The van der Waals surface area contributed by atoms with Gasteiger partial charge in [0.1, 0.15) is 34.6 Å². The first-order chi connectivity index (χ1) is 39.2. The maximum Gasteiger partial charge on any atom is 0.405 e. The molecule has 8 unspecified atom stereocenters. The van der Waals surface area contributed by atoms with Crippen LogP contribution in [0.15, 0.2) is 0 Å². The van der Waals surface area contributed by atoms with Gasteiger partial charge < -0.3 is 43.6 Å². The summed E-state index contributed by atoms with van der Waals surface area (Å²) in [5, 5.41) is -0.443. The van der Waals surface area contributed by atoms with Crippen LogP contribution in [-0.4, -0.2) is 115 Å².